The molecule has 0 bridgehead atoms. The Morgan fingerprint density at radius 3 is 3.00 bits per heavy atom. The lowest BCUT2D eigenvalue weighted by Crippen LogP contribution is -2.28. The van der Waals surface area contributed by atoms with Crippen molar-refractivity contribution in [3.63, 3.8) is 0 Å². The fraction of sp³-hybridized carbons (Fsp3) is 0.474. The smallest absolute Gasteiger partial charge is 0.229 e. The molecule has 134 valence electrons. The van der Waals surface area contributed by atoms with Crippen molar-refractivity contribution in [1.29, 1.82) is 0 Å². The van der Waals surface area contributed by atoms with Gasteiger partial charge in [-0.15, -0.1) is 0 Å². The van der Waals surface area contributed by atoms with Crippen LogP contribution in [0.25, 0.3) is 0 Å². The van der Waals surface area contributed by atoms with E-state index in [0.717, 1.165) is 23.5 Å². The SMILES string of the molecule is CC(C)COc1cccc(NC(=O)[C@H]2CNC[C@@H]2c2cnn(C)c2)c1. The number of aromatic nitrogens is 2. The van der Waals surface area contributed by atoms with Crippen LogP contribution in [-0.2, 0) is 11.8 Å². The largest absolute Gasteiger partial charge is 0.493 e. The summed E-state index contributed by atoms with van der Waals surface area (Å²) in [5.41, 5.74) is 1.87. The van der Waals surface area contributed by atoms with Gasteiger partial charge in [-0.05, 0) is 23.6 Å². The van der Waals surface area contributed by atoms with Crippen LogP contribution in [0.15, 0.2) is 36.7 Å². The maximum atomic E-state index is 12.8. The third-order valence-corrected chi connectivity index (χ3v) is 4.39. The van der Waals surface area contributed by atoms with Gasteiger partial charge in [-0.3, -0.25) is 9.48 Å². The highest BCUT2D eigenvalue weighted by Gasteiger charge is 2.34. The Balaban J connectivity index is 1.66. The number of nitrogens with one attached hydrogen (secondary N) is 2. The summed E-state index contributed by atoms with van der Waals surface area (Å²) in [4.78, 5) is 12.8. The molecule has 0 unspecified atom stereocenters. The van der Waals surface area contributed by atoms with E-state index in [9.17, 15) is 4.79 Å². The summed E-state index contributed by atoms with van der Waals surface area (Å²) in [5.74, 6) is 1.31. The van der Waals surface area contributed by atoms with E-state index in [0.29, 0.717) is 19.1 Å². The van der Waals surface area contributed by atoms with E-state index in [1.165, 1.54) is 0 Å². The molecule has 1 aromatic heterocycles. The molecule has 1 fully saturated rings. The number of ether oxygens (including phenoxy) is 1. The van der Waals surface area contributed by atoms with Gasteiger partial charge in [0.15, 0.2) is 0 Å². The van der Waals surface area contributed by atoms with E-state index in [2.05, 4.69) is 29.6 Å². The van der Waals surface area contributed by atoms with E-state index in [-0.39, 0.29) is 17.7 Å². The molecule has 2 N–H and O–H groups in total. The Hall–Kier alpha value is -2.34. The molecule has 0 spiro atoms. The minimum atomic E-state index is -0.107. The van der Waals surface area contributed by atoms with E-state index in [1.54, 1.807) is 4.68 Å². The first-order valence-corrected chi connectivity index (χ1v) is 8.76. The molecule has 2 aromatic rings. The number of carbonyl (C=O) groups excluding carboxylic acids is 1. The van der Waals surface area contributed by atoms with E-state index < -0.39 is 0 Å². The normalized spacial score (nSPS) is 20.0. The summed E-state index contributed by atoms with van der Waals surface area (Å²) in [6.45, 7) is 6.35. The lowest BCUT2D eigenvalue weighted by atomic mass is 9.90. The number of hydrogen-bond donors (Lipinski definition) is 2. The van der Waals surface area contributed by atoms with Gasteiger partial charge in [-0.2, -0.15) is 5.10 Å². The number of aryl methyl sites for hydroxylation is 1. The average Bonchev–Trinajstić information content (AvgIpc) is 3.21. The summed E-state index contributed by atoms with van der Waals surface area (Å²) in [7, 11) is 1.89. The number of nitrogens with zero attached hydrogens (tertiary/aromatic N) is 2. The third kappa shape index (κ3) is 4.39. The third-order valence-electron chi connectivity index (χ3n) is 4.39. The summed E-state index contributed by atoms with van der Waals surface area (Å²) in [6.07, 6.45) is 3.83. The zero-order valence-electron chi connectivity index (χ0n) is 15.0. The summed E-state index contributed by atoms with van der Waals surface area (Å²) >= 11 is 0. The lowest BCUT2D eigenvalue weighted by Gasteiger charge is -2.17. The predicted molar refractivity (Wildman–Crippen MR) is 97.7 cm³/mol. The van der Waals surface area contributed by atoms with Gasteiger partial charge in [0.05, 0.1) is 18.7 Å². The van der Waals surface area contributed by atoms with Crippen molar-refractivity contribution in [3.8, 4) is 5.75 Å². The van der Waals surface area contributed by atoms with Gasteiger partial charge in [-0.25, -0.2) is 0 Å². The van der Waals surface area contributed by atoms with Gasteiger partial charge in [-0.1, -0.05) is 19.9 Å². The first kappa shape index (κ1) is 17.5. The number of carbonyl (C=O) groups is 1. The van der Waals surface area contributed by atoms with Gasteiger partial charge in [0.1, 0.15) is 5.75 Å². The monoisotopic (exact) mass is 342 g/mol. The standard InChI is InChI=1S/C19H26N4O2/c1-13(2)12-25-16-6-4-5-15(7-16)22-19(24)18-10-20-9-17(18)14-8-21-23(3)11-14/h4-8,11,13,17-18,20H,9-10,12H2,1-3H3,(H,22,24)/t17-,18+/m1/s1. The van der Waals surface area contributed by atoms with E-state index >= 15 is 0 Å². The Kier molecular flexibility index (Phi) is 5.38. The van der Waals surface area contributed by atoms with Crippen LogP contribution in [-0.4, -0.2) is 35.4 Å². The average molecular weight is 342 g/mol. The number of amides is 1. The Morgan fingerprint density at radius 1 is 1.44 bits per heavy atom. The van der Waals surface area contributed by atoms with Crippen molar-refractivity contribution < 1.29 is 9.53 Å². The highest BCUT2D eigenvalue weighted by molar-refractivity contribution is 5.93. The van der Waals surface area contributed by atoms with Crippen molar-refractivity contribution >= 4 is 11.6 Å². The van der Waals surface area contributed by atoms with Crippen LogP contribution in [0.5, 0.6) is 5.75 Å². The second-order valence-corrected chi connectivity index (χ2v) is 7.04. The van der Waals surface area contributed by atoms with Gasteiger partial charge in [0, 0.05) is 44.0 Å². The Morgan fingerprint density at radius 2 is 2.28 bits per heavy atom. The van der Waals surface area contributed by atoms with E-state index in [1.807, 2.05) is 43.7 Å². The number of benzene rings is 1. The molecule has 3 rings (SSSR count). The molecule has 1 aliphatic heterocycles. The van der Waals surface area contributed by atoms with Crippen molar-refractivity contribution in [2.75, 3.05) is 25.0 Å². The first-order chi connectivity index (χ1) is 12.0. The van der Waals surface area contributed by atoms with Crippen molar-refractivity contribution in [2.45, 2.75) is 19.8 Å². The van der Waals surface area contributed by atoms with Gasteiger partial charge >= 0.3 is 0 Å². The molecule has 25 heavy (non-hydrogen) atoms. The maximum absolute atomic E-state index is 12.8. The second-order valence-electron chi connectivity index (χ2n) is 7.04. The lowest BCUT2D eigenvalue weighted by molar-refractivity contribution is -0.119. The van der Waals surface area contributed by atoms with Crippen LogP contribution in [0.4, 0.5) is 5.69 Å². The quantitative estimate of drug-likeness (QED) is 0.846. The van der Waals surface area contributed by atoms with Gasteiger partial charge in [0.2, 0.25) is 5.91 Å². The topological polar surface area (TPSA) is 68.2 Å². The maximum Gasteiger partial charge on any atom is 0.229 e. The van der Waals surface area contributed by atoms with Gasteiger partial charge in [0.25, 0.3) is 0 Å². The van der Waals surface area contributed by atoms with Crippen molar-refractivity contribution in [1.82, 2.24) is 15.1 Å². The van der Waals surface area contributed by atoms with Crippen LogP contribution in [0, 0.1) is 11.8 Å². The highest BCUT2D eigenvalue weighted by Crippen LogP contribution is 2.29. The second kappa shape index (κ2) is 7.70. The summed E-state index contributed by atoms with van der Waals surface area (Å²) in [5, 5.41) is 10.6. The number of hydrogen-bond acceptors (Lipinski definition) is 4. The molecule has 0 radical (unpaired) electrons. The Bertz CT molecular complexity index is 726. The molecule has 1 aliphatic rings. The van der Waals surface area contributed by atoms with Gasteiger partial charge < -0.3 is 15.4 Å². The fourth-order valence-electron chi connectivity index (χ4n) is 3.10. The summed E-state index contributed by atoms with van der Waals surface area (Å²) < 4.78 is 7.51. The van der Waals surface area contributed by atoms with Crippen molar-refractivity contribution in [2.24, 2.45) is 18.9 Å². The minimum Gasteiger partial charge on any atom is -0.493 e. The molecular formula is C19H26N4O2. The molecule has 0 aliphatic carbocycles. The van der Waals surface area contributed by atoms with Crippen LogP contribution in [0.3, 0.4) is 0 Å². The molecule has 6 heteroatoms. The minimum absolute atomic E-state index is 0.0277. The molecule has 1 amide bonds. The van der Waals surface area contributed by atoms with E-state index in [4.69, 9.17) is 4.74 Å². The molecule has 6 nitrogen and oxygen atoms in total. The highest BCUT2D eigenvalue weighted by atomic mass is 16.5. The molecule has 0 saturated carbocycles. The predicted octanol–water partition coefficient (Wildman–Crippen LogP) is 2.40. The fourth-order valence-corrected chi connectivity index (χ4v) is 3.10. The number of anilines is 1. The molecule has 1 saturated heterocycles. The van der Waals surface area contributed by atoms with Crippen LogP contribution < -0.4 is 15.4 Å². The summed E-state index contributed by atoms with van der Waals surface area (Å²) in [6, 6.07) is 7.58. The molecular weight excluding hydrogens is 316 g/mol. The Labute approximate surface area is 148 Å². The molecule has 2 atom stereocenters. The van der Waals surface area contributed by atoms with Crippen molar-refractivity contribution in [3.05, 3.63) is 42.2 Å². The van der Waals surface area contributed by atoms with Crippen LogP contribution in [0.1, 0.15) is 25.3 Å². The molecule has 2 heterocycles. The van der Waals surface area contributed by atoms with Crippen LogP contribution in [0.2, 0.25) is 0 Å². The zero-order valence-corrected chi connectivity index (χ0v) is 15.0. The number of rotatable bonds is 6. The van der Waals surface area contributed by atoms with Crippen LogP contribution >= 0.6 is 0 Å². The zero-order chi connectivity index (χ0) is 17.8. The first-order valence-electron chi connectivity index (χ1n) is 8.76. The molecule has 1 aromatic carbocycles.